The van der Waals surface area contributed by atoms with Gasteiger partial charge in [0.05, 0.1) is 10.6 Å². The number of carboxylic acid groups (broad SMARTS) is 1. The van der Waals surface area contributed by atoms with Gasteiger partial charge in [0.1, 0.15) is 0 Å². The first-order valence-electron chi connectivity index (χ1n) is 5.14. The maximum atomic E-state index is 13.2. The van der Waals surface area contributed by atoms with E-state index in [9.17, 15) is 19.3 Å². The van der Waals surface area contributed by atoms with Crippen molar-refractivity contribution < 1.29 is 19.2 Å². The molecule has 1 heterocycles. The van der Waals surface area contributed by atoms with Crippen LogP contribution in [0.2, 0.25) is 0 Å². The average molecular weight is 265 g/mol. The average Bonchev–Trinajstić information content (AvgIpc) is 2.72. The zero-order valence-corrected chi connectivity index (χ0v) is 9.70. The van der Waals surface area contributed by atoms with Gasteiger partial charge in [-0.3, -0.25) is 10.1 Å². The van der Waals surface area contributed by atoms with Crippen molar-refractivity contribution >= 4 is 11.7 Å². The summed E-state index contributed by atoms with van der Waals surface area (Å²) in [6.45, 7) is 1.59. The Morgan fingerprint density at radius 1 is 1.47 bits per heavy atom. The monoisotopic (exact) mass is 265 g/mol. The summed E-state index contributed by atoms with van der Waals surface area (Å²) in [5.41, 5.74) is -0.190. The number of carbonyl (C=O) groups is 1. The summed E-state index contributed by atoms with van der Waals surface area (Å²) in [4.78, 5) is 20.6. The van der Waals surface area contributed by atoms with Gasteiger partial charge in [0, 0.05) is 11.8 Å². The number of halogens is 1. The molecule has 0 unspecified atom stereocenters. The zero-order chi connectivity index (χ0) is 14.2. The van der Waals surface area contributed by atoms with Crippen molar-refractivity contribution in [1.82, 2.24) is 9.78 Å². The fraction of sp³-hybridized carbons (Fsp3) is 0.0909. The number of aromatic carboxylic acids is 1. The number of benzene rings is 1. The predicted molar refractivity (Wildman–Crippen MR) is 61.9 cm³/mol. The molecule has 0 amide bonds. The summed E-state index contributed by atoms with van der Waals surface area (Å²) < 4.78 is 14.4. The SMILES string of the molecule is Cc1cc(C(=O)O)nn1-c1ccc(F)c([N+](=O)[O-])c1. The van der Waals surface area contributed by atoms with Crippen LogP contribution in [0, 0.1) is 22.9 Å². The summed E-state index contributed by atoms with van der Waals surface area (Å²) in [6, 6.07) is 4.54. The van der Waals surface area contributed by atoms with Crippen LogP contribution in [0.25, 0.3) is 5.69 Å². The fourth-order valence-electron chi connectivity index (χ4n) is 1.61. The van der Waals surface area contributed by atoms with Crippen molar-refractivity contribution in [2.45, 2.75) is 6.92 Å². The van der Waals surface area contributed by atoms with E-state index < -0.39 is 22.4 Å². The highest BCUT2D eigenvalue weighted by Crippen LogP contribution is 2.22. The Labute approximate surface area is 106 Å². The van der Waals surface area contributed by atoms with E-state index in [0.717, 1.165) is 12.1 Å². The Morgan fingerprint density at radius 2 is 2.16 bits per heavy atom. The molecule has 0 spiro atoms. The van der Waals surface area contributed by atoms with Crippen LogP contribution in [-0.4, -0.2) is 25.8 Å². The first-order chi connectivity index (χ1) is 8.90. The summed E-state index contributed by atoms with van der Waals surface area (Å²) in [5.74, 6) is -2.17. The lowest BCUT2D eigenvalue weighted by Gasteiger charge is -2.04. The lowest BCUT2D eigenvalue weighted by atomic mass is 10.2. The Bertz CT molecular complexity index is 681. The molecule has 0 atom stereocenters. The van der Waals surface area contributed by atoms with Crippen molar-refractivity contribution in [2.75, 3.05) is 0 Å². The predicted octanol–water partition coefficient (Wildman–Crippen LogP) is 1.93. The third-order valence-electron chi connectivity index (χ3n) is 2.48. The van der Waals surface area contributed by atoms with Gasteiger partial charge in [-0.15, -0.1) is 0 Å². The van der Waals surface area contributed by atoms with Gasteiger partial charge in [0.15, 0.2) is 5.69 Å². The highest BCUT2D eigenvalue weighted by atomic mass is 19.1. The number of nitro benzene ring substituents is 1. The molecule has 8 heteroatoms. The van der Waals surface area contributed by atoms with Gasteiger partial charge in [-0.25, -0.2) is 9.48 Å². The molecule has 0 aliphatic heterocycles. The van der Waals surface area contributed by atoms with E-state index in [1.165, 1.54) is 16.8 Å². The molecule has 0 saturated carbocycles. The Balaban J connectivity index is 2.56. The maximum absolute atomic E-state index is 13.2. The standard InChI is InChI=1S/C11H8FN3O4/c1-6-4-9(11(16)17)13-14(6)7-2-3-8(12)10(5-7)15(18)19/h2-5H,1H3,(H,16,17). The second-order valence-corrected chi connectivity index (χ2v) is 3.78. The normalized spacial score (nSPS) is 10.4. The number of aryl methyl sites for hydroxylation is 1. The molecule has 98 valence electrons. The van der Waals surface area contributed by atoms with Gasteiger partial charge in [0.25, 0.3) is 0 Å². The quantitative estimate of drug-likeness (QED) is 0.675. The fourth-order valence-corrected chi connectivity index (χ4v) is 1.61. The maximum Gasteiger partial charge on any atom is 0.356 e. The van der Waals surface area contributed by atoms with Crippen LogP contribution in [0.5, 0.6) is 0 Å². The molecule has 1 aromatic carbocycles. The van der Waals surface area contributed by atoms with Gasteiger partial charge in [-0.1, -0.05) is 0 Å². The van der Waals surface area contributed by atoms with E-state index in [4.69, 9.17) is 5.11 Å². The van der Waals surface area contributed by atoms with E-state index in [2.05, 4.69) is 5.10 Å². The number of nitrogens with zero attached hydrogens (tertiary/aromatic N) is 3. The molecule has 1 N–H and O–H groups in total. The Hall–Kier alpha value is -2.77. The minimum atomic E-state index is -1.21. The van der Waals surface area contributed by atoms with Gasteiger partial charge < -0.3 is 5.11 Å². The molecule has 2 rings (SSSR count). The molecule has 19 heavy (non-hydrogen) atoms. The molecular formula is C11H8FN3O4. The van der Waals surface area contributed by atoms with Crippen LogP contribution in [0.3, 0.4) is 0 Å². The molecule has 0 aliphatic carbocycles. The highest BCUT2D eigenvalue weighted by molar-refractivity contribution is 5.85. The van der Waals surface area contributed by atoms with Gasteiger partial charge in [-0.2, -0.15) is 9.49 Å². The Kier molecular flexibility index (Phi) is 2.99. The number of rotatable bonds is 3. The number of hydrogen-bond acceptors (Lipinski definition) is 4. The lowest BCUT2D eigenvalue weighted by molar-refractivity contribution is -0.387. The minimum absolute atomic E-state index is 0.190. The van der Waals surface area contributed by atoms with Gasteiger partial charge >= 0.3 is 11.7 Å². The molecule has 0 aliphatic rings. The highest BCUT2D eigenvalue weighted by Gasteiger charge is 2.17. The number of nitro groups is 1. The molecule has 0 radical (unpaired) electrons. The zero-order valence-electron chi connectivity index (χ0n) is 9.70. The van der Waals surface area contributed by atoms with E-state index >= 15 is 0 Å². The number of carboxylic acids is 1. The minimum Gasteiger partial charge on any atom is -0.476 e. The topological polar surface area (TPSA) is 98.3 Å². The van der Waals surface area contributed by atoms with Crippen LogP contribution < -0.4 is 0 Å². The molecule has 0 saturated heterocycles. The largest absolute Gasteiger partial charge is 0.476 e. The van der Waals surface area contributed by atoms with E-state index in [-0.39, 0.29) is 11.4 Å². The van der Waals surface area contributed by atoms with Crippen molar-refractivity contribution in [2.24, 2.45) is 0 Å². The van der Waals surface area contributed by atoms with Crippen molar-refractivity contribution in [3.8, 4) is 5.69 Å². The molecule has 2 aromatic rings. The third-order valence-corrected chi connectivity index (χ3v) is 2.48. The molecular weight excluding hydrogens is 257 g/mol. The first kappa shape index (κ1) is 12.7. The van der Waals surface area contributed by atoms with Crippen molar-refractivity contribution in [3.05, 3.63) is 51.6 Å². The van der Waals surface area contributed by atoms with Crippen LogP contribution in [0.4, 0.5) is 10.1 Å². The van der Waals surface area contributed by atoms with E-state index in [0.29, 0.717) is 5.69 Å². The molecule has 7 nitrogen and oxygen atoms in total. The summed E-state index contributed by atoms with van der Waals surface area (Å²) in [5, 5.41) is 23.2. The molecule has 0 fully saturated rings. The summed E-state index contributed by atoms with van der Waals surface area (Å²) >= 11 is 0. The van der Waals surface area contributed by atoms with Crippen LogP contribution in [0.1, 0.15) is 16.2 Å². The lowest BCUT2D eigenvalue weighted by Crippen LogP contribution is -2.03. The van der Waals surface area contributed by atoms with Crippen LogP contribution in [0.15, 0.2) is 24.3 Å². The number of hydrogen-bond donors (Lipinski definition) is 1. The van der Waals surface area contributed by atoms with E-state index in [1.54, 1.807) is 6.92 Å². The van der Waals surface area contributed by atoms with Crippen molar-refractivity contribution in [1.29, 1.82) is 0 Å². The number of aromatic nitrogens is 2. The van der Waals surface area contributed by atoms with Gasteiger partial charge in [0.2, 0.25) is 5.82 Å². The summed E-state index contributed by atoms with van der Waals surface area (Å²) in [7, 11) is 0. The molecule has 0 bridgehead atoms. The second-order valence-electron chi connectivity index (χ2n) is 3.78. The van der Waals surface area contributed by atoms with Crippen LogP contribution in [-0.2, 0) is 0 Å². The van der Waals surface area contributed by atoms with Crippen molar-refractivity contribution in [3.63, 3.8) is 0 Å². The molecule has 1 aromatic heterocycles. The summed E-state index contributed by atoms with van der Waals surface area (Å²) in [6.07, 6.45) is 0. The van der Waals surface area contributed by atoms with E-state index in [1.807, 2.05) is 0 Å². The first-order valence-corrected chi connectivity index (χ1v) is 5.14. The Morgan fingerprint density at radius 3 is 2.68 bits per heavy atom. The smallest absolute Gasteiger partial charge is 0.356 e. The van der Waals surface area contributed by atoms with Gasteiger partial charge in [-0.05, 0) is 25.1 Å². The second kappa shape index (κ2) is 4.48. The van der Waals surface area contributed by atoms with Crippen LogP contribution >= 0.6 is 0 Å². The third kappa shape index (κ3) is 2.28.